The van der Waals surface area contributed by atoms with Gasteiger partial charge in [0.2, 0.25) is 11.8 Å². The number of methoxy groups -OCH3 is 2. The minimum Gasteiger partial charge on any atom is -0.495 e. The monoisotopic (exact) mass is 335 g/mol. The Balaban J connectivity index is 2.06. The number of likely N-dealkylation sites (tertiary alicyclic amines) is 1. The van der Waals surface area contributed by atoms with Crippen molar-refractivity contribution in [3.8, 4) is 5.75 Å². The van der Waals surface area contributed by atoms with Gasteiger partial charge in [-0.05, 0) is 51.1 Å². The van der Waals surface area contributed by atoms with Crippen molar-refractivity contribution in [2.75, 3.05) is 44.5 Å². The molecule has 1 aliphatic rings. The SMILES string of the molecule is COCC(=O)Nc1cc(NC(=O)C(C)N2CCCC2)ccc1OC. The number of nitrogens with one attached hydrogen (secondary N) is 2. The van der Waals surface area contributed by atoms with Gasteiger partial charge in [-0.2, -0.15) is 0 Å². The normalized spacial score (nSPS) is 15.8. The van der Waals surface area contributed by atoms with Crippen LogP contribution in [0.1, 0.15) is 19.8 Å². The molecule has 1 aromatic carbocycles. The van der Waals surface area contributed by atoms with Crippen molar-refractivity contribution in [1.82, 2.24) is 4.90 Å². The zero-order valence-electron chi connectivity index (χ0n) is 14.4. The maximum atomic E-state index is 12.4. The van der Waals surface area contributed by atoms with Crippen molar-refractivity contribution in [3.05, 3.63) is 18.2 Å². The number of nitrogens with zero attached hydrogens (tertiary/aromatic N) is 1. The molecule has 0 aliphatic carbocycles. The molecule has 0 radical (unpaired) electrons. The molecule has 132 valence electrons. The van der Waals surface area contributed by atoms with Gasteiger partial charge < -0.3 is 20.1 Å². The fourth-order valence-corrected chi connectivity index (χ4v) is 2.74. The lowest BCUT2D eigenvalue weighted by Crippen LogP contribution is -2.40. The van der Waals surface area contributed by atoms with E-state index in [1.165, 1.54) is 14.2 Å². The summed E-state index contributed by atoms with van der Waals surface area (Å²) in [6.07, 6.45) is 2.27. The van der Waals surface area contributed by atoms with Gasteiger partial charge in [0.1, 0.15) is 12.4 Å². The fourth-order valence-electron chi connectivity index (χ4n) is 2.74. The molecule has 0 saturated carbocycles. The molecule has 1 atom stereocenters. The molecule has 7 nitrogen and oxygen atoms in total. The van der Waals surface area contributed by atoms with Gasteiger partial charge in [-0.3, -0.25) is 14.5 Å². The highest BCUT2D eigenvalue weighted by molar-refractivity contribution is 5.97. The molecule has 1 aromatic rings. The minimum absolute atomic E-state index is 0.0499. The zero-order valence-corrected chi connectivity index (χ0v) is 14.4. The summed E-state index contributed by atoms with van der Waals surface area (Å²) in [5, 5.41) is 5.61. The summed E-state index contributed by atoms with van der Waals surface area (Å²) in [7, 11) is 2.97. The summed E-state index contributed by atoms with van der Waals surface area (Å²) in [5.41, 5.74) is 1.10. The first-order valence-corrected chi connectivity index (χ1v) is 8.07. The molecule has 7 heteroatoms. The van der Waals surface area contributed by atoms with Gasteiger partial charge in [0, 0.05) is 12.8 Å². The number of carbonyl (C=O) groups excluding carboxylic acids is 2. The predicted octanol–water partition coefficient (Wildman–Crippen LogP) is 1.70. The Kier molecular flexibility index (Phi) is 6.57. The van der Waals surface area contributed by atoms with E-state index in [0.717, 1.165) is 25.9 Å². The van der Waals surface area contributed by atoms with Crippen LogP contribution in [-0.4, -0.2) is 56.7 Å². The molecule has 1 heterocycles. The maximum absolute atomic E-state index is 12.4. The lowest BCUT2D eigenvalue weighted by atomic mass is 10.2. The van der Waals surface area contributed by atoms with Gasteiger partial charge in [-0.1, -0.05) is 0 Å². The molecule has 1 fully saturated rings. The van der Waals surface area contributed by atoms with Crippen molar-refractivity contribution in [2.45, 2.75) is 25.8 Å². The highest BCUT2D eigenvalue weighted by atomic mass is 16.5. The average Bonchev–Trinajstić information content (AvgIpc) is 3.09. The van der Waals surface area contributed by atoms with Crippen LogP contribution in [0.25, 0.3) is 0 Å². The van der Waals surface area contributed by atoms with Crippen LogP contribution in [0.2, 0.25) is 0 Å². The Hall–Kier alpha value is -2.12. The molecule has 1 saturated heterocycles. The maximum Gasteiger partial charge on any atom is 0.250 e. The van der Waals surface area contributed by atoms with Crippen molar-refractivity contribution in [1.29, 1.82) is 0 Å². The van der Waals surface area contributed by atoms with Crippen LogP contribution in [0.5, 0.6) is 5.75 Å². The molecule has 24 heavy (non-hydrogen) atoms. The van der Waals surface area contributed by atoms with E-state index in [4.69, 9.17) is 9.47 Å². The summed E-state index contributed by atoms with van der Waals surface area (Å²) in [6, 6.07) is 4.96. The van der Waals surface area contributed by atoms with Crippen LogP contribution in [-0.2, 0) is 14.3 Å². The Bertz CT molecular complexity index is 585. The summed E-state index contributed by atoms with van der Waals surface area (Å²) in [5.74, 6) is 0.172. The Morgan fingerprint density at radius 2 is 1.92 bits per heavy atom. The fraction of sp³-hybridized carbons (Fsp3) is 0.529. The third-order valence-electron chi connectivity index (χ3n) is 4.08. The second-order valence-electron chi connectivity index (χ2n) is 5.80. The van der Waals surface area contributed by atoms with Crippen molar-refractivity contribution in [3.63, 3.8) is 0 Å². The molecule has 2 rings (SSSR count). The van der Waals surface area contributed by atoms with Crippen LogP contribution in [0, 0.1) is 0 Å². The molecule has 1 aliphatic heterocycles. The first kappa shape index (κ1) is 18.2. The van der Waals surface area contributed by atoms with E-state index in [0.29, 0.717) is 17.1 Å². The lowest BCUT2D eigenvalue weighted by Gasteiger charge is -2.23. The smallest absolute Gasteiger partial charge is 0.250 e. The molecular formula is C17H25N3O4. The standard InChI is InChI=1S/C17H25N3O4/c1-12(20-8-4-5-9-20)17(22)18-13-6-7-15(24-3)14(10-13)19-16(21)11-23-2/h6-7,10,12H,4-5,8-9,11H2,1-3H3,(H,18,22)(H,19,21). The topological polar surface area (TPSA) is 79.9 Å². The van der Waals surface area contributed by atoms with Crippen LogP contribution in [0.3, 0.4) is 0 Å². The summed E-state index contributed by atoms with van der Waals surface area (Å²) < 4.78 is 10.0. The van der Waals surface area contributed by atoms with E-state index in [-0.39, 0.29) is 24.5 Å². The van der Waals surface area contributed by atoms with Crippen molar-refractivity contribution < 1.29 is 19.1 Å². The van der Waals surface area contributed by atoms with Gasteiger partial charge >= 0.3 is 0 Å². The third kappa shape index (κ3) is 4.69. The van der Waals surface area contributed by atoms with Gasteiger partial charge in [-0.25, -0.2) is 0 Å². The van der Waals surface area contributed by atoms with Crippen molar-refractivity contribution in [2.24, 2.45) is 0 Å². The predicted molar refractivity (Wildman–Crippen MR) is 92.4 cm³/mol. The van der Waals surface area contributed by atoms with Gasteiger partial charge in [0.05, 0.1) is 18.8 Å². The Labute approximate surface area is 142 Å². The van der Waals surface area contributed by atoms with Crippen LogP contribution in [0.4, 0.5) is 11.4 Å². The van der Waals surface area contributed by atoms with Gasteiger partial charge in [0.25, 0.3) is 0 Å². The second kappa shape index (κ2) is 8.65. The molecule has 1 unspecified atom stereocenters. The first-order chi connectivity index (χ1) is 11.5. The van der Waals surface area contributed by atoms with E-state index in [9.17, 15) is 9.59 Å². The number of benzene rings is 1. The molecule has 0 spiro atoms. The average molecular weight is 335 g/mol. The Morgan fingerprint density at radius 3 is 2.54 bits per heavy atom. The molecule has 2 amide bonds. The molecule has 0 aromatic heterocycles. The summed E-state index contributed by atoms with van der Waals surface area (Å²) in [6.45, 7) is 3.77. The number of carbonyl (C=O) groups is 2. The highest BCUT2D eigenvalue weighted by Crippen LogP contribution is 2.28. The van der Waals surface area contributed by atoms with E-state index in [2.05, 4.69) is 15.5 Å². The van der Waals surface area contributed by atoms with Crippen molar-refractivity contribution >= 4 is 23.2 Å². The summed E-state index contributed by atoms with van der Waals surface area (Å²) >= 11 is 0. The van der Waals surface area contributed by atoms with Crippen LogP contribution in [0.15, 0.2) is 18.2 Å². The summed E-state index contributed by atoms with van der Waals surface area (Å²) in [4.78, 5) is 26.3. The highest BCUT2D eigenvalue weighted by Gasteiger charge is 2.24. The van der Waals surface area contributed by atoms with E-state index >= 15 is 0 Å². The van der Waals surface area contributed by atoms with Crippen LogP contribution < -0.4 is 15.4 Å². The van der Waals surface area contributed by atoms with E-state index in [1.54, 1.807) is 18.2 Å². The number of anilines is 2. The Morgan fingerprint density at radius 1 is 1.21 bits per heavy atom. The molecule has 2 N–H and O–H groups in total. The van der Waals surface area contributed by atoms with Gasteiger partial charge in [0.15, 0.2) is 0 Å². The van der Waals surface area contributed by atoms with E-state index < -0.39 is 0 Å². The zero-order chi connectivity index (χ0) is 17.5. The van der Waals surface area contributed by atoms with Crippen LogP contribution >= 0.6 is 0 Å². The number of hydrogen-bond donors (Lipinski definition) is 2. The number of rotatable bonds is 7. The number of hydrogen-bond acceptors (Lipinski definition) is 5. The first-order valence-electron chi connectivity index (χ1n) is 8.07. The molecule has 0 bridgehead atoms. The quantitative estimate of drug-likeness (QED) is 0.793. The minimum atomic E-state index is -0.287. The van der Waals surface area contributed by atoms with E-state index in [1.807, 2.05) is 6.92 Å². The lowest BCUT2D eigenvalue weighted by molar-refractivity contribution is -0.120. The number of ether oxygens (including phenoxy) is 2. The second-order valence-corrected chi connectivity index (χ2v) is 5.80. The third-order valence-corrected chi connectivity index (χ3v) is 4.08. The van der Waals surface area contributed by atoms with Gasteiger partial charge in [-0.15, -0.1) is 0 Å². The number of amides is 2. The molecular weight excluding hydrogens is 310 g/mol. The largest absolute Gasteiger partial charge is 0.495 e.